The summed E-state index contributed by atoms with van der Waals surface area (Å²) in [5.41, 5.74) is 4.61. The van der Waals surface area contributed by atoms with E-state index >= 15 is 0 Å². The van der Waals surface area contributed by atoms with Crippen molar-refractivity contribution in [2.75, 3.05) is 20.1 Å². The molecule has 0 aromatic heterocycles. The number of aliphatic hydroxyl groups is 1. The van der Waals surface area contributed by atoms with Gasteiger partial charge >= 0.3 is 0 Å². The standard InChI is InChI=1S/C8H18N2O/c1-8(9,11)7-4-3-5-10(2)6-7/h7,11H,3-6,9H2,1-2H3/t7-,8+/m1/s1. The van der Waals surface area contributed by atoms with Gasteiger partial charge in [0.2, 0.25) is 0 Å². The minimum atomic E-state index is -0.991. The molecule has 0 bridgehead atoms. The third-order valence-electron chi connectivity index (χ3n) is 2.45. The van der Waals surface area contributed by atoms with E-state index < -0.39 is 5.72 Å². The normalized spacial score (nSPS) is 33.3. The van der Waals surface area contributed by atoms with Crippen LogP contribution >= 0.6 is 0 Å². The van der Waals surface area contributed by atoms with Crippen LogP contribution in [0.4, 0.5) is 0 Å². The molecule has 1 saturated heterocycles. The molecule has 1 fully saturated rings. The van der Waals surface area contributed by atoms with Crippen LogP contribution in [0.2, 0.25) is 0 Å². The third kappa shape index (κ3) is 2.43. The molecule has 0 amide bonds. The molecule has 1 rings (SSSR count). The lowest BCUT2D eigenvalue weighted by atomic mass is 9.89. The van der Waals surface area contributed by atoms with Gasteiger partial charge < -0.3 is 15.7 Å². The lowest BCUT2D eigenvalue weighted by Gasteiger charge is -2.36. The molecule has 0 spiro atoms. The van der Waals surface area contributed by atoms with Crippen molar-refractivity contribution in [3.05, 3.63) is 0 Å². The molecule has 0 saturated carbocycles. The summed E-state index contributed by atoms with van der Waals surface area (Å²) in [7, 11) is 2.07. The Morgan fingerprint density at radius 1 is 1.64 bits per heavy atom. The Kier molecular flexibility index (Phi) is 2.52. The molecule has 66 valence electrons. The molecule has 1 aliphatic heterocycles. The van der Waals surface area contributed by atoms with E-state index in [9.17, 15) is 5.11 Å². The number of nitrogens with zero attached hydrogens (tertiary/aromatic N) is 1. The van der Waals surface area contributed by atoms with Gasteiger partial charge in [-0.05, 0) is 33.4 Å². The molecule has 3 heteroatoms. The molecule has 2 atom stereocenters. The predicted octanol–water partition coefficient (Wildman–Crippen LogP) is -0.00460. The van der Waals surface area contributed by atoms with Crippen molar-refractivity contribution in [2.24, 2.45) is 11.7 Å². The van der Waals surface area contributed by atoms with Gasteiger partial charge in [-0.25, -0.2) is 0 Å². The first-order valence-electron chi connectivity index (χ1n) is 4.20. The highest BCUT2D eigenvalue weighted by atomic mass is 16.3. The van der Waals surface area contributed by atoms with Crippen molar-refractivity contribution < 1.29 is 5.11 Å². The largest absolute Gasteiger partial charge is 0.376 e. The van der Waals surface area contributed by atoms with Crippen LogP contribution in [0.15, 0.2) is 0 Å². The van der Waals surface area contributed by atoms with Crippen molar-refractivity contribution >= 4 is 0 Å². The lowest BCUT2D eigenvalue weighted by molar-refractivity contribution is -0.0238. The number of rotatable bonds is 1. The number of likely N-dealkylation sites (tertiary alicyclic amines) is 1. The van der Waals surface area contributed by atoms with Crippen LogP contribution in [0.25, 0.3) is 0 Å². The highest BCUT2D eigenvalue weighted by Gasteiger charge is 2.30. The highest BCUT2D eigenvalue weighted by molar-refractivity contribution is 4.81. The van der Waals surface area contributed by atoms with Gasteiger partial charge in [-0.3, -0.25) is 0 Å². The van der Waals surface area contributed by atoms with Crippen LogP contribution in [0.1, 0.15) is 19.8 Å². The first-order chi connectivity index (χ1) is 5.00. The van der Waals surface area contributed by atoms with Gasteiger partial charge in [0.1, 0.15) is 5.72 Å². The zero-order chi connectivity index (χ0) is 8.48. The first-order valence-corrected chi connectivity index (χ1v) is 4.20. The summed E-state index contributed by atoms with van der Waals surface area (Å²) in [6.45, 7) is 3.74. The van der Waals surface area contributed by atoms with E-state index in [2.05, 4.69) is 11.9 Å². The quantitative estimate of drug-likeness (QED) is 0.528. The molecule has 0 aromatic rings. The van der Waals surface area contributed by atoms with Crippen LogP contribution in [-0.4, -0.2) is 35.9 Å². The SMILES string of the molecule is CN1CCC[C@@H]([C@@](C)(N)O)C1. The zero-order valence-electron chi connectivity index (χ0n) is 7.38. The summed E-state index contributed by atoms with van der Waals surface area (Å²) >= 11 is 0. The van der Waals surface area contributed by atoms with E-state index in [0.29, 0.717) is 0 Å². The summed E-state index contributed by atoms with van der Waals surface area (Å²) in [6.07, 6.45) is 2.20. The van der Waals surface area contributed by atoms with Crippen LogP contribution in [-0.2, 0) is 0 Å². The number of nitrogens with two attached hydrogens (primary N) is 1. The van der Waals surface area contributed by atoms with Crippen LogP contribution < -0.4 is 5.73 Å². The number of hydrogen-bond donors (Lipinski definition) is 2. The highest BCUT2D eigenvalue weighted by Crippen LogP contribution is 2.22. The smallest absolute Gasteiger partial charge is 0.114 e. The van der Waals surface area contributed by atoms with Crippen molar-refractivity contribution in [2.45, 2.75) is 25.5 Å². The second-order valence-electron chi connectivity index (χ2n) is 3.83. The summed E-state index contributed by atoms with van der Waals surface area (Å²) in [6, 6.07) is 0. The first kappa shape index (κ1) is 8.97. The lowest BCUT2D eigenvalue weighted by Crippen LogP contribution is -2.50. The van der Waals surface area contributed by atoms with Crippen LogP contribution in [0.3, 0.4) is 0 Å². The van der Waals surface area contributed by atoms with E-state index in [0.717, 1.165) is 25.9 Å². The molecule has 1 aliphatic rings. The van der Waals surface area contributed by atoms with Crippen LogP contribution in [0, 0.1) is 5.92 Å². The third-order valence-corrected chi connectivity index (χ3v) is 2.45. The molecule has 3 N–H and O–H groups in total. The summed E-state index contributed by atoms with van der Waals surface area (Å²) in [4.78, 5) is 2.22. The Bertz CT molecular complexity index is 131. The van der Waals surface area contributed by atoms with Gasteiger partial charge in [-0.15, -0.1) is 0 Å². The summed E-state index contributed by atoms with van der Waals surface area (Å²) in [5, 5.41) is 9.51. The minimum absolute atomic E-state index is 0.237. The van der Waals surface area contributed by atoms with Gasteiger partial charge in [0.15, 0.2) is 0 Å². The van der Waals surface area contributed by atoms with E-state index in [1.54, 1.807) is 6.92 Å². The van der Waals surface area contributed by atoms with Gasteiger partial charge in [-0.2, -0.15) is 0 Å². The molecular formula is C8H18N2O. The van der Waals surface area contributed by atoms with Gasteiger partial charge in [0.05, 0.1) is 0 Å². The van der Waals surface area contributed by atoms with Crippen molar-refractivity contribution in [3.8, 4) is 0 Å². The monoisotopic (exact) mass is 158 g/mol. The Labute approximate surface area is 68.2 Å². The van der Waals surface area contributed by atoms with Gasteiger partial charge in [0.25, 0.3) is 0 Å². The maximum Gasteiger partial charge on any atom is 0.114 e. The second-order valence-corrected chi connectivity index (χ2v) is 3.83. The maximum atomic E-state index is 9.51. The fraction of sp³-hybridized carbons (Fsp3) is 1.00. The average Bonchev–Trinajstić information content (AvgIpc) is 1.86. The second kappa shape index (κ2) is 3.09. The number of piperidine rings is 1. The summed E-state index contributed by atoms with van der Waals surface area (Å²) in [5.74, 6) is 0.237. The molecule has 1 heterocycles. The molecule has 0 aromatic carbocycles. The average molecular weight is 158 g/mol. The molecule has 3 nitrogen and oxygen atoms in total. The van der Waals surface area contributed by atoms with Crippen molar-refractivity contribution in [1.82, 2.24) is 4.90 Å². The fourth-order valence-corrected chi connectivity index (χ4v) is 1.64. The van der Waals surface area contributed by atoms with Crippen molar-refractivity contribution in [3.63, 3.8) is 0 Å². The number of hydrogen-bond acceptors (Lipinski definition) is 3. The summed E-state index contributed by atoms with van der Waals surface area (Å²) < 4.78 is 0. The Hall–Kier alpha value is -0.120. The Morgan fingerprint density at radius 2 is 2.27 bits per heavy atom. The zero-order valence-corrected chi connectivity index (χ0v) is 7.38. The van der Waals surface area contributed by atoms with E-state index in [4.69, 9.17) is 5.73 Å². The molecule has 0 aliphatic carbocycles. The Morgan fingerprint density at radius 3 is 2.64 bits per heavy atom. The van der Waals surface area contributed by atoms with Gasteiger partial charge in [0, 0.05) is 12.5 Å². The van der Waals surface area contributed by atoms with E-state index in [1.807, 2.05) is 0 Å². The molecular weight excluding hydrogens is 140 g/mol. The topological polar surface area (TPSA) is 49.5 Å². The molecule has 0 unspecified atom stereocenters. The molecule has 11 heavy (non-hydrogen) atoms. The minimum Gasteiger partial charge on any atom is -0.376 e. The maximum absolute atomic E-state index is 9.51. The van der Waals surface area contributed by atoms with E-state index in [1.165, 1.54) is 0 Å². The van der Waals surface area contributed by atoms with E-state index in [-0.39, 0.29) is 5.92 Å². The predicted molar refractivity (Wildman–Crippen MR) is 45.0 cm³/mol. The fourth-order valence-electron chi connectivity index (χ4n) is 1.64. The van der Waals surface area contributed by atoms with Crippen LogP contribution in [0.5, 0.6) is 0 Å². The Balaban J connectivity index is 2.46. The van der Waals surface area contributed by atoms with Gasteiger partial charge in [-0.1, -0.05) is 0 Å². The molecule has 0 radical (unpaired) electrons. The van der Waals surface area contributed by atoms with Crippen molar-refractivity contribution in [1.29, 1.82) is 0 Å².